The molecule has 0 radical (unpaired) electrons. The molecule has 0 spiro atoms. The molecule has 138 valence electrons. The van der Waals surface area contributed by atoms with Crippen LogP contribution in [-0.2, 0) is 0 Å². The van der Waals surface area contributed by atoms with E-state index in [9.17, 15) is 10.2 Å². The van der Waals surface area contributed by atoms with Gasteiger partial charge in [0.15, 0.2) is 0 Å². The van der Waals surface area contributed by atoms with E-state index in [1.165, 1.54) is 24.0 Å². The van der Waals surface area contributed by atoms with Crippen LogP contribution in [0.1, 0.15) is 56.6 Å². The van der Waals surface area contributed by atoms with E-state index in [2.05, 4.69) is 45.0 Å². The van der Waals surface area contributed by atoms with Crippen molar-refractivity contribution in [3.05, 3.63) is 59.7 Å². The fourth-order valence-corrected chi connectivity index (χ4v) is 5.87. The van der Waals surface area contributed by atoms with Crippen LogP contribution < -0.4 is 0 Å². The van der Waals surface area contributed by atoms with Crippen molar-refractivity contribution in [2.24, 2.45) is 29.6 Å². The summed E-state index contributed by atoms with van der Waals surface area (Å²) >= 11 is 0. The van der Waals surface area contributed by atoms with E-state index in [-0.39, 0.29) is 0 Å². The summed E-state index contributed by atoms with van der Waals surface area (Å²) in [6.45, 7) is 7.18. The molecule has 4 rings (SSSR count). The number of hydrogen-bond donors (Lipinski definition) is 2. The maximum absolute atomic E-state index is 9.74. The van der Waals surface area contributed by atoms with Crippen LogP contribution in [0.2, 0.25) is 0 Å². The van der Waals surface area contributed by atoms with Gasteiger partial charge in [-0.1, -0.05) is 45.0 Å². The number of aromatic hydroxyl groups is 2. The molecule has 4 atom stereocenters. The van der Waals surface area contributed by atoms with E-state index in [1.54, 1.807) is 0 Å². The molecule has 2 aromatic rings. The molecule has 4 unspecified atom stereocenters. The predicted octanol–water partition coefficient (Wildman–Crippen LogP) is 5.91. The molecule has 2 aliphatic rings. The molecule has 2 bridgehead atoms. The minimum Gasteiger partial charge on any atom is -0.508 e. The quantitative estimate of drug-likeness (QED) is 0.722. The highest BCUT2D eigenvalue weighted by Crippen LogP contribution is 2.63. The van der Waals surface area contributed by atoms with E-state index in [0.29, 0.717) is 41.1 Å². The summed E-state index contributed by atoms with van der Waals surface area (Å²) in [5.41, 5.74) is 2.70. The Hall–Kier alpha value is -1.96. The molecule has 26 heavy (non-hydrogen) atoms. The lowest BCUT2D eigenvalue weighted by Crippen LogP contribution is -2.28. The first-order valence-electron chi connectivity index (χ1n) is 10.0. The van der Waals surface area contributed by atoms with Crippen molar-refractivity contribution in [2.75, 3.05) is 0 Å². The Kier molecular flexibility index (Phi) is 4.46. The minimum absolute atomic E-state index is 0.337. The first-order chi connectivity index (χ1) is 12.5. The SMILES string of the molecule is CC(C)C1CC2C(C)C(C1)C(c1ccc(O)cc1)C2c1ccc(O)cc1. The molecule has 2 N–H and O–H groups in total. The van der Waals surface area contributed by atoms with Crippen molar-refractivity contribution < 1.29 is 10.2 Å². The number of benzene rings is 2. The van der Waals surface area contributed by atoms with Gasteiger partial charge in [0.2, 0.25) is 0 Å². The lowest BCUT2D eigenvalue weighted by molar-refractivity contribution is 0.142. The van der Waals surface area contributed by atoms with Gasteiger partial charge in [-0.05, 0) is 89.7 Å². The van der Waals surface area contributed by atoms with Crippen LogP contribution in [0.5, 0.6) is 11.5 Å². The summed E-state index contributed by atoms with van der Waals surface area (Å²) in [6.07, 6.45) is 2.60. The van der Waals surface area contributed by atoms with Gasteiger partial charge in [-0.15, -0.1) is 0 Å². The summed E-state index contributed by atoms with van der Waals surface area (Å²) in [6, 6.07) is 15.8. The summed E-state index contributed by atoms with van der Waals surface area (Å²) in [5, 5.41) is 19.5. The Bertz CT molecular complexity index is 685. The second-order valence-corrected chi connectivity index (χ2v) is 8.90. The molecular formula is C24H30O2. The highest BCUT2D eigenvalue weighted by Gasteiger charge is 2.53. The van der Waals surface area contributed by atoms with Crippen LogP contribution in [0.15, 0.2) is 48.5 Å². The summed E-state index contributed by atoms with van der Waals surface area (Å²) in [7, 11) is 0. The van der Waals surface area contributed by atoms with Crippen molar-refractivity contribution in [3.63, 3.8) is 0 Å². The van der Waals surface area contributed by atoms with Crippen LogP contribution in [-0.4, -0.2) is 10.2 Å². The van der Waals surface area contributed by atoms with Crippen LogP contribution in [0.3, 0.4) is 0 Å². The Morgan fingerprint density at radius 3 is 1.46 bits per heavy atom. The molecule has 2 aromatic carbocycles. The number of phenols is 2. The lowest BCUT2D eigenvalue weighted by Gasteiger charge is -2.36. The van der Waals surface area contributed by atoms with Gasteiger partial charge in [-0.2, -0.15) is 0 Å². The maximum Gasteiger partial charge on any atom is 0.115 e. The molecule has 0 saturated heterocycles. The van der Waals surface area contributed by atoms with Crippen molar-refractivity contribution in [2.45, 2.75) is 45.4 Å². The topological polar surface area (TPSA) is 40.5 Å². The first kappa shape index (κ1) is 17.5. The average molecular weight is 351 g/mol. The number of fused-ring (bicyclic) bond motifs is 2. The van der Waals surface area contributed by atoms with Gasteiger partial charge in [0.25, 0.3) is 0 Å². The zero-order valence-electron chi connectivity index (χ0n) is 16.0. The second kappa shape index (κ2) is 6.64. The summed E-state index contributed by atoms with van der Waals surface area (Å²) in [4.78, 5) is 0. The standard InChI is InChI=1S/C24H30O2/c1-14(2)18-12-21-15(3)22(13-18)24(17-6-10-20(26)11-7-17)23(21)16-4-8-19(25)9-5-16/h4-11,14-15,18,21-26H,12-13H2,1-3H3. The predicted molar refractivity (Wildman–Crippen MR) is 105 cm³/mol. The van der Waals surface area contributed by atoms with Crippen molar-refractivity contribution in [3.8, 4) is 11.5 Å². The third-order valence-electron chi connectivity index (χ3n) is 7.31. The maximum atomic E-state index is 9.74. The molecule has 0 heterocycles. The Morgan fingerprint density at radius 1 is 0.731 bits per heavy atom. The van der Waals surface area contributed by atoms with Gasteiger partial charge in [0.1, 0.15) is 11.5 Å². The van der Waals surface area contributed by atoms with E-state index in [0.717, 1.165) is 11.8 Å². The largest absolute Gasteiger partial charge is 0.508 e. The van der Waals surface area contributed by atoms with Crippen LogP contribution in [0, 0.1) is 29.6 Å². The number of hydrogen-bond acceptors (Lipinski definition) is 2. The molecule has 0 aliphatic heterocycles. The van der Waals surface area contributed by atoms with Crippen LogP contribution in [0.25, 0.3) is 0 Å². The lowest BCUT2D eigenvalue weighted by atomic mass is 9.69. The third-order valence-corrected chi connectivity index (χ3v) is 7.31. The molecule has 2 fully saturated rings. The Morgan fingerprint density at radius 2 is 1.12 bits per heavy atom. The van der Waals surface area contributed by atoms with Gasteiger partial charge in [-0.3, -0.25) is 0 Å². The van der Waals surface area contributed by atoms with Gasteiger partial charge in [0.05, 0.1) is 0 Å². The van der Waals surface area contributed by atoms with Crippen molar-refractivity contribution >= 4 is 0 Å². The van der Waals surface area contributed by atoms with Gasteiger partial charge < -0.3 is 10.2 Å². The van der Waals surface area contributed by atoms with Gasteiger partial charge in [0, 0.05) is 0 Å². The van der Waals surface area contributed by atoms with Gasteiger partial charge in [-0.25, -0.2) is 0 Å². The zero-order chi connectivity index (χ0) is 18.4. The van der Waals surface area contributed by atoms with Crippen molar-refractivity contribution in [1.29, 1.82) is 0 Å². The Balaban J connectivity index is 1.79. The summed E-state index contributed by atoms with van der Waals surface area (Å²) in [5.74, 6) is 5.26. The molecular weight excluding hydrogens is 320 g/mol. The zero-order valence-corrected chi connectivity index (χ0v) is 16.0. The molecule has 2 aliphatic carbocycles. The van der Waals surface area contributed by atoms with Crippen LogP contribution >= 0.6 is 0 Å². The molecule has 0 amide bonds. The summed E-state index contributed by atoms with van der Waals surface area (Å²) < 4.78 is 0. The van der Waals surface area contributed by atoms with Crippen molar-refractivity contribution in [1.82, 2.24) is 0 Å². The van der Waals surface area contributed by atoms with Gasteiger partial charge >= 0.3 is 0 Å². The molecule has 2 saturated carbocycles. The van der Waals surface area contributed by atoms with Crippen LogP contribution in [0.4, 0.5) is 0 Å². The fraction of sp³-hybridized carbons (Fsp3) is 0.500. The highest BCUT2D eigenvalue weighted by molar-refractivity contribution is 5.38. The smallest absolute Gasteiger partial charge is 0.115 e. The fourth-order valence-electron chi connectivity index (χ4n) is 5.87. The molecule has 2 nitrogen and oxygen atoms in total. The second-order valence-electron chi connectivity index (χ2n) is 8.90. The Labute approximate surface area is 156 Å². The van der Waals surface area contributed by atoms with E-state index in [1.807, 2.05) is 24.3 Å². The molecule has 2 heteroatoms. The minimum atomic E-state index is 0.337. The van der Waals surface area contributed by atoms with E-state index < -0.39 is 0 Å². The van der Waals surface area contributed by atoms with E-state index >= 15 is 0 Å². The number of phenolic OH excluding ortho intramolecular Hbond substituents is 2. The third kappa shape index (κ3) is 2.90. The number of rotatable bonds is 3. The monoisotopic (exact) mass is 350 g/mol. The average Bonchev–Trinajstić information content (AvgIpc) is 2.78. The highest BCUT2D eigenvalue weighted by atomic mass is 16.3. The van der Waals surface area contributed by atoms with E-state index in [4.69, 9.17) is 0 Å². The normalized spacial score (nSPS) is 33.5. The first-order valence-corrected chi connectivity index (χ1v) is 10.0. The molecule has 0 aromatic heterocycles.